The molecule has 1 unspecified atom stereocenters. The maximum Gasteiger partial charge on any atom is 0.411 e. The normalized spacial score (nSPS) is 26.9. The van der Waals surface area contributed by atoms with Gasteiger partial charge in [-0.25, -0.2) is 4.79 Å². The average Bonchev–Trinajstić information content (AvgIpc) is 2.94. The SMILES string of the molecule is CC(C)(C)OC(=O)N1CC(=O)C[C@H]1C(=O)C1NCCS1. The Bertz CT molecular complexity index is 427. The zero-order valence-electron chi connectivity index (χ0n) is 12.0. The third kappa shape index (κ3) is 3.52. The molecule has 0 aliphatic carbocycles. The number of nitrogens with zero attached hydrogens (tertiary/aromatic N) is 1. The Morgan fingerprint density at radius 1 is 1.40 bits per heavy atom. The van der Waals surface area contributed by atoms with Crippen molar-refractivity contribution in [2.24, 2.45) is 0 Å². The maximum atomic E-state index is 12.4. The number of Topliss-reactive ketones (excluding diaryl/α,β-unsaturated/α-hetero) is 2. The molecular weight excluding hydrogens is 280 g/mol. The Kier molecular flexibility index (Phi) is 4.39. The van der Waals surface area contributed by atoms with Gasteiger partial charge in [0.1, 0.15) is 17.0 Å². The second kappa shape index (κ2) is 5.73. The predicted octanol–water partition coefficient (Wildman–Crippen LogP) is 0.797. The number of ether oxygens (including phenoxy) is 1. The van der Waals surface area contributed by atoms with E-state index in [0.717, 1.165) is 12.3 Å². The highest BCUT2D eigenvalue weighted by Gasteiger charge is 2.43. The Morgan fingerprint density at radius 2 is 2.10 bits per heavy atom. The lowest BCUT2D eigenvalue weighted by Gasteiger charge is -2.28. The summed E-state index contributed by atoms with van der Waals surface area (Å²) in [7, 11) is 0. The van der Waals surface area contributed by atoms with Crippen LogP contribution in [0, 0.1) is 0 Å². The minimum absolute atomic E-state index is 0.0390. The third-order valence-corrected chi connectivity index (χ3v) is 4.25. The van der Waals surface area contributed by atoms with Crippen LogP contribution in [0.4, 0.5) is 4.79 Å². The molecule has 2 atom stereocenters. The van der Waals surface area contributed by atoms with Gasteiger partial charge in [0.25, 0.3) is 0 Å². The molecule has 0 saturated carbocycles. The van der Waals surface area contributed by atoms with Gasteiger partial charge in [0.05, 0.1) is 6.54 Å². The highest BCUT2D eigenvalue weighted by atomic mass is 32.2. The van der Waals surface area contributed by atoms with Crippen molar-refractivity contribution in [3.63, 3.8) is 0 Å². The minimum atomic E-state index is -0.694. The molecule has 20 heavy (non-hydrogen) atoms. The number of likely N-dealkylation sites (tertiary alicyclic amines) is 1. The molecule has 1 N–H and O–H groups in total. The molecule has 2 fully saturated rings. The lowest BCUT2D eigenvalue weighted by Crippen LogP contribution is -2.47. The summed E-state index contributed by atoms with van der Waals surface area (Å²) < 4.78 is 5.27. The molecular formula is C13H20N2O4S. The lowest BCUT2D eigenvalue weighted by molar-refractivity contribution is -0.123. The first kappa shape index (κ1) is 15.3. The molecule has 6 nitrogen and oxygen atoms in total. The van der Waals surface area contributed by atoms with Crippen molar-refractivity contribution in [2.75, 3.05) is 18.8 Å². The van der Waals surface area contributed by atoms with Crippen molar-refractivity contribution in [2.45, 2.75) is 44.2 Å². The second-order valence-corrected chi connectivity index (χ2v) is 7.19. The van der Waals surface area contributed by atoms with Crippen molar-refractivity contribution in [1.29, 1.82) is 0 Å². The van der Waals surface area contributed by atoms with Gasteiger partial charge in [-0.3, -0.25) is 19.8 Å². The van der Waals surface area contributed by atoms with Gasteiger partial charge >= 0.3 is 6.09 Å². The molecule has 2 rings (SSSR count). The monoisotopic (exact) mass is 300 g/mol. The van der Waals surface area contributed by atoms with Crippen molar-refractivity contribution in [3.8, 4) is 0 Å². The zero-order valence-corrected chi connectivity index (χ0v) is 12.8. The van der Waals surface area contributed by atoms with Gasteiger partial charge in [0, 0.05) is 18.7 Å². The van der Waals surface area contributed by atoms with Crippen molar-refractivity contribution >= 4 is 29.4 Å². The van der Waals surface area contributed by atoms with Crippen LogP contribution in [0.3, 0.4) is 0 Å². The summed E-state index contributed by atoms with van der Waals surface area (Å²) >= 11 is 1.51. The third-order valence-electron chi connectivity index (χ3n) is 3.08. The van der Waals surface area contributed by atoms with Gasteiger partial charge in [-0.2, -0.15) is 0 Å². The number of amides is 1. The number of carbonyl (C=O) groups is 3. The highest BCUT2D eigenvalue weighted by molar-refractivity contribution is 8.00. The van der Waals surface area contributed by atoms with E-state index in [9.17, 15) is 14.4 Å². The number of thioether (sulfide) groups is 1. The van der Waals surface area contributed by atoms with Gasteiger partial charge in [0.15, 0.2) is 11.6 Å². The largest absolute Gasteiger partial charge is 0.444 e. The second-order valence-electron chi connectivity index (χ2n) is 5.97. The van der Waals surface area contributed by atoms with Crippen molar-refractivity contribution in [1.82, 2.24) is 10.2 Å². The molecule has 0 aromatic carbocycles. The van der Waals surface area contributed by atoms with Crippen LogP contribution < -0.4 is 5.32 Å². The first-order chi connectivity index (χ1) is 9.28. The standard InChI is InChI=1S/C13H20N2O4S/c1-13(2,3)19-12(18)15-7-8(16)6-9(15)10(17)11-14-4-5-20-11/h9,11,14H,4-7H2,1-3H3/t9-,11?/m0/s1. The number of hydrogen-bond acceptors (Lipinski definition) is 6. The summed E-state index contributed by atoms with van der Waals surface area (Å²) in [5, 5.41) is 2.76. The van der Waals surface area contributed by atoms with E-state index in [4.69, 9.17) is 4.74 Å². The molecule has 1 amide bonds. The van der Waals surface area contributed by atoms with Gasteiger partial charge in [-0.1, -0.05) is 0 Å². The fraction of sp³-hybridized carbons (Fsp3) is 0.769. The summed E-state index contributed by atoms with van der Waals surface area (Å²) in [4.78, 5) is 37.4. The Morgan fingerprint density at radius 3 is 2.65 bits per heavy atom. The van der Waals surface area contributed by atoms with E-state index < -0.39 is 17.7 Å². The number of hydrogen-bond donors (Lipinski definition) is 1. The van der Waals surface area contributed by atoms with E-state index in [1.807, 2.05) is 0 Å². The molecule has 112 valence electrons. The first-order valence-corrected chi connectivity index (χ1v) is 7.73. The van der Waals surface area contributed by atoms with Gasteiger partial charge < -0.3 is 4.74 Å². The summed E-state index contributed by atoms with van der Waals surface area (Å²) in [5.41, 5.74) is -0.642. The quantitative estimate of drug-likeness (QED) is 0.813. The fourth-order valence-electron chi connectivity index (χ4n) is 2.24. The molecule has 2 heterocycles. The van der Waals surface area contributed by atoms with Gasteiger partial charge in [-0.15, -0.1) is 11.8 Å². The molecule has 0 bridgehead atoms. The molecule has 7 heteroatoms. The maximum absolute atomic E-state index is 12.4. The van der Waals surface area contributed by atoms with E-state index in [1.54, 1.807) is 20.8 Å². The van der Waals surface area contributed by atoms with Crippen LogP contribution in [0.25, 0.3) is 0 Å². The van der Waals surface area contributed by atoms with E-state index in [-0.39, 0.29) is 29.9 Å². The van der Waals surface area contributed by atoms with Crippen LogP contribution in [-0.2, 0) is 14.3 Å². The number of carbonyl (C=O) groups excluding carboxylic acids is 3. The summed E-state index contributed by atoms with van der Waals surface area (Å²) in [6.07, 6.45) is -0.499. The van der Waals surface area contributed by atoms with Crippen molar-refractivity contribution < 1.29 is 19.1 Å². The van der Waals surface area contributed by atoms with E-state index in [0.29, 0.717) is 0 Å². The number of ketones is 2. The first-order valence-electron chi connectivity index (χ1n) is 6.68. The molecule has 2 aliphatic heterocycles. The van der Waals surface area contributed by atoms with Crippen LogP contribution in [0.2, 0.25) is 0 Å². The minimum Gasteiger partial charge on any atom is -0.444 e. The summed E-state index contributed by atoms with van der Waals surface area (Å²) in [6, 6.07) is -0.694. The highest BCUT2D eigenvalue weighted by Crippen LogP contribution is 2.24. The number of rotatable bonds is 2. The summed E-state index contributed by atoms with van der Waals surface area (Å²) in [5.74, 6) is 0.658. The van der Waals surface area contributed by atoms with E-state index >= 15 is 0 Å². The molecule has 0 aromatic heterocycles. The molecule has 0 spiro atoms. The topological polar surface area (TPSA) is 75.7 Å². The van der Waals surface area contributed by atoms with Crippen LogP contribution in [-0.4, -0.2) is 58.4 Å². The molecule has 0 aromatic rings. The molecule has 2 saturated heterocycles. The number of nitrogens with one attached hydrogen (secondary N) is 1. The van der Waals surface area contributed by atoms with Gasteiger partial charge in [0.2, 0.25) is 0 Å². The Balaban J connectivity index is 2.08. The van der Waals surface area contributed by atoms with E-state index in [1.165, 1.54) is 16.7 Å². The zero-order chi connectivity index (χ0) is 14.9. The van der Waals surface area contributed by atoms with Crippen molar-refractivity contribution in [3.05, 3.63) is 0 Å². The van der Waals surface area contributed by atoms with Crippen LogP contribution in [0.1, 0.15) is 27.2 Å². The van der Waals surface area contributed by atoms with Crippen LogP contribution >= 0.6 is 11.8 Å². The van der Waals surface area contributed by atoms with Gasteiger partial charge in [-0.05, 0) is 20.8 Å². The Labute approximate surface area is 122 Å². The smallest absolute Gasteiger partial charge is 0.411 e. The van der Waals surface area contributed by atoms with Crippen LogP contribution in [0.15, 0.2) is 0 Å². The summed E-state index contributed by atoms with van der Waals surface area (Å²) in [6.45, 7) is 6.01. The fourth-order valence-corrected chi connectivity index (χ4v) is 3.27. The predicted molar refractivity (Wildman–Crippen MR) is 75.6 cm³/mol. The molecule has 0 radical (unpaired) electrons. The molecule has 2 aliphatic rings. The average molecular weight is 300 g/mol. The van der Waals surface area contributed by atoms with Crippen LogP contribution in [0.5, 0.6) is 0 Å². The lowest BCUT2D eigenvalue weighted by atomic mass is 10.1. The Hall–Kier alpha value is -1.08. The van der Waals surface area contributed by atoms with E-state index in [2.05, 4.69) is 5.32 Å².